The van der Waals surface area contributed by atoms with Gasteiger partial charge >= 0.3 is 0 Å². The second-order valence-corrected chi connectivity index (χ2v) is 6.12. The quantitative estimate of drug-likeness (QED) is 0.818. The molecule has 0 atom stereocenters. The largest absolute Gasteiger partial charge is 0.378 e. The van der Waals surface area contributed by atoms with E-state index in [9.17, 15) is 4.79 Å². The lowest BCUT2D eigenvalue weighted by atomic mass is 9.86. The average Bonchev–Trinajstić information content (AvgIpc) is 2.39. The number of amides is 1. The summed E-state index contributed by atoms with van der Waals surface area (Å²) < 4.78 is 5.26. The zero-order valence-electron chi connectivity index (χ0n) is 12.1. The van der Waals surface area contributed by atoms with E-state index >= 15 is 0 Å². The molecule has 1 fully saturated rings. The van der Waals surface area contributed by atoms with Crippen LogP contribution in [0.5, 0.6) is 0 Å². The van der Waals surface area contributed by atoms with Crippen LogP contribution >= 0.6 is 0 Å². The van der Waals surface area contributed by atoms with Crippen LogP contribution < -0.4 is 0 Å². The standard InChI is InChI=1S/C16H23NO2/c1-16(2,3)14-6-4-13(5-7-14)12-15(18)17-8-10-19-11-9-17/h4-7H,8-12H2,1-3H3. The highest BCUT2D eigenvalue weighted by molar-refractivity contribution is 5.78. The fourth-order valence-electron chi connectivity index (χ4n) is 2.22. The van der Waals surface area contributed by atoms with Crippen molar-refractivity contribution in [2.45, 2.75) is 32.6 Å². The van der Waals surface area contributed by atoms with Crippen LogP contribution in [0.15, 0.2) is 24.3 Å². The minimum Gasteiger partial charge on any atom is -0.378 e. The Bertz CT molecular complexity index is 425. The van der Waals surface area contributed by atoms with E-state index in [1.807, 2.05) is 4.90 Å². The van der Waals surface area contributed by atoms with Gasteiger partial charge in [0.05, 0.1) is 19.6 Å². The molecule has 0 spiro atoms. The Morgan fingerprint density at radius 3 is 2.26 bits per heavy atom. The fraction of sp³-hybridized carbons (Fsp3) is 0.562. The van der Waals surface area contributed by atoms with Crippen LogP contribution in [0.25, 0.3) is 0 Å². The third-order valence-electron chi connectivity index (χ3n) is 3.54. The summed E-state index contributed by atoms with van der Waals surface area (Å²) in [6, 6.07) is 8.39. The van der Waals surface area contributed by atoms with Gasteiger partial charge in [0.2, 0.25) is 5.91 Å². The first kappa shape index (κ1) is 14.1. The summed E-state index contributed by atoms with van der Waals surface area (Å²) in [7, 11) is 0. The number of carbonyl (C=O) groups is 1. The number of nitrogens with zero attached hydrogens (tertiary/aromatic N) is 1. The molecule has 3 heteroatoms. The van der Waals surface area contributed by atoms with Crippen molar-refractivity contribution in [2.75, 3.05) is 26.3 Å². The summed E-state index contributed by atoms with van der Waals surface area (Å²) >= 11 is 0. The molecule has 0 unspecified atom stereocenters. The number of benzene rings is 1. The van der Waals surface area contributed by atoms with Gasteiger partial charge in [0.25, 0.3) is 0 Å². The van der Waals surface area contributed by atoms with E-state index in [1.54, 1.807) is 0 Å². The van der Waals surface area contributed by atoms with Crippen molar-refractivity contribution in [1.29, 1.82) is 0 Å². The topological polar surface area (TPSA) is 29.5 Å². The third kappa shape index (κ3) is 3.80. The first-order chi connectivity index (χ1) is 8.97. The van der Waals surface area contributed by atoms with E-state index in [4.69, 9.17) is 4.74 Å². The molecule has 1 aromatic rings. The molecule has 1 aliphatic heterocycles. The van der Waals surface area contributed by atoms with Gasteiger partial charge in [0, 0.05) is 13.1 Å². The predicted molar refractivity (Wildman–Crippen MR) is 76.2 cm³/mol. The van der Waals surface area contributed by atoms with Crippen LogP contribution in [0.2, 0.25) is 0 Å². The number of morpholine rings is 1. The van der Waals surface area contributed by atoms with E-state index in [0.29, 0.717) is 19.6 Å². The van der Waals surface area contributed by atoms with Crippen molar-refractivity contribution >= 4 is 5.91 Å². The summed E-state index contributed by atoms with van der Waals surface area (Å²) in [5.41, 5.74) is 2.55. The number of hydrogen-bond donors (Lipinski definition) is 0. The van der Waals surface area contributed by atoms with Crippen LogP contribution in [-0.2, 0) is 21.4 Å². The first-order valence-electron chi connectivity index (χ1n) is 6.92. The first-order valence-corrected chi connectivity index (χ1v) is 6.92. The van der Waals surface area contributed by atoms with E-state index in [0.717, 1.165) is 18.7 Å². The lowest BCUT2D eigenvalue weighted by Crippen LogP contribution is -2.41. The van der Waals surface area contributed by atoms with Gasteiger partial charge in [-0.2, -0.15) is 0 Å². The van der Waals surface area contributed by atoms with Crippen molar-refractivity contribution in [3.8, 4) is 0 Å². The molecule has 19 heavy (non-hydrogen) atoms. The maximum Gasteiger partial charge on any atom is 0.227 e. The van der Waals surface area contributed by atoms with Gasteiger partial charge in [0.1, 0.15) is 0 Å². The Hall–Kier alpha value is -1.35. The van der Waals surface area contributed by atoms with Crippen LogP contribution in [0.3, 0.4) is 0 Å². The summed E-state index contributed by atoms with van der Waals surface area (Å²) in [6.45, 7) is 9.35. The van der Waals surface area contributed by atoms with Gasteiger partial charge in [-0.3, -0.25) is 4.79 Å². The molecule has 0 N–H and O–H groups in total. The van der Waals surface area contributed by atoms with Crippen molar-refractivity contribution in [3.05, 3.63) is 35.4 Å². The molecule has 2 rings (SSSR count). The van der Waals surface area contributed by atoms with Crippen molar-refractivity contribution in [1.82, 2.24) is 4.90 Å². The van der Waals surface area contributed by atoms with Crippen LogP contribution in [0, 0.1) is 0 Å². The third-order valence-corrected chi connectivity index (χ3v) is 3.54. The zero-order valence-corrected chi connectivity index (χ0v) is 12.1. The lowest BCUT2D eigenvalue weighted by molar-refractivity contribution is -0.134. The van der Waals surface area contributed by atoms with Gasteiger partial charge in [-0.25, -0.2) is 0 Å². The molecule has 1 saturated heterocycles. The van der Waals surface area contributed by atoms with Gasteiger partial charge < -0.3 is 9.64 Å². The molecule has 1 amide bonds. The molecule has 0 aromatic heterocycles. The number of carbonyl (C=O) groups excluding carboxylic acids is 1. The Kier molecular flexibility index (Phi) is 4.25. The van der Waals surface area contributed by atoms with Crippen molar-refractivity contribution in [3.63, 3.8) is 0 Å². The Morgan fingerprint density at radius 2 is 1.74 bits per heavy atom. The summed E-state index contributed by atoms with van der Waals surface area (Å²) in [6.07, 6.45) is 0.490. The molecule has 1 heterocycles. The van der Waals surface area contributed by atoms with Gasteiger partial charge in [0.15, 0.2) is 0 Å². The summed E-state index contributed by atoms with van der Waals surface area (Å²) in [5.74, 6) is 0.201. The van der Waals surface area contributed by atoms with E-state index in [-0.39, 0.29) is 11.3 Å². The highest BCUT2D eigenvalue weighted by Gasteiger charge is 2.17. The fourth-order valence-corrected chi connectivity index (χ4v) is 2.22. The minimum absolute atomic E-state index is 0.159. The number of rotatable bonds is 2. The molecule has 0 bridgehead atoms. The van der Waals surface area contributed by atoms with Crippen LogP contribution in [-0.4, -0.2) is 37.1 Å². The van der Waals surface area contributed by atoms with Gasteiger partial charge in [-0.1, -0.05) is 45.0 Å². The second-order valence-electron chi connectivity index (χ2n) is 6.12. The summed E-state index contributed by atoms with van der Waals surface area (Å²) in [4.78, 5) is 14.0. The molecule has 0 radical (unpaired) electrons. The molecular formula is C16H23NO2. The van der Waals surface area contributed by atoms with Crippen LogP contribution in [0.1, 0.15) is 31.9 Å². The zero-order chi connectivity index (χ0) is 13.9. The predicted octanol–water partition coefficient (Wildman–Crippen LogP) is 2.39. The second kappa shape index (κ2) is 5.74. The van der Waals surface area contributed by atoms with Crippen LogP contribution in [0.4, 0.5) is 0 Å². The molecule has 0 saturated carbocycles. The molecular weight excluding hydrogens is 238 g/mol. The molecule has 3 nitrogen and oxygen atoms in total. The van der Waals surface area contributed by atoms with E-state index < -0.39 is 0 Å². The Morgan fingerprint density at radius 1 is 1.16 bits per heavy atom. The Labute approximate surface area is 115 Å². The van der Waals surface area contributed by atoms with E-state index in [1.165, 1.54) is 5.56 Å². The minimum atomic E-state index is 0.159. The molecule has 104 valence electrons. The van der Waals surface area contributed by atoms with Gasteiger partial charge in [-0.05, 0) is 16.5 Å². The molecule has 1 aliphatic rings. The number of ether oxygens (including phenoxy) is 1. The number of hydrogen-bond acceptors (Lipinski definition) is 2. The smallest absolute Gasteiger partial charge is 0.227 e. The normalized spacial score (nSPS) is 16.5. The van der Waals surface area contributed by atoms with E-state index in [2.05, 4.69) is 45.0 Å². The monoisotopic (exact) mass is 261 g/mol. The maximum absolute atomic E-state index is 12.1. The summed E-state index contributed by atoms with van der Waals surface area (Å²) in [5, 5.41) is 0. The van der Waals surface area contributed by atoms with Crippen molar-refractivity contribution in [2.24, 2.45) is 0 Å². The highest BCUT2D eigenvalue weighted by Crippen LogP contribution is 2.22. The maximum atomic E-state index is 12.1. The average molecular weight is 261 g/mol. The lowest BCUT2D eigenvalue weighted by Gasteiger charge is -2.27. The van der Waals surface area contributed by atoms with Crippen molar-refractivity contribution < 1.29 is 9.53 Å². The SMILES string of the molecule is CC(C)(C)c1ccc(CC(=O)N2CCOCC2)cc1. The molecule has 1 aromatic carbocycles. The Balaban J connectivity index is 1.97. The highest BCUT2D eigenvalue weighted by atomic mass is 16.5. The molecule has 0 aliphatic carbocycles. The van der Waals surface area contributed by atoms with Gasteiger partial charge in [-0.15, -0.1) is 0 Å².